The van der Waals surface area contributed by atoms with Crippen LogP contribution in [0.5, 0.6) is 0 Å². The van der Waals surface area contributed by atoms with E-state index < -0.39 is 0 Å². The zero-order chi connectivity index (χ0) is 8.89. The molecule has 2 N–H and O–H groups in total. The van der Waals surface area contributed by atoms with E-state index in [-0.39, 0.29) is 5.54 Å². The minimum absolute atomic E-state index is 0.0198. The predicted octanol–water partition coefficient (Wildman–Crippen LogP) is 2.27. The molecule has 13 heavy (non-hydrogen) atoms. The molecule has 68 valence electrons. The molecule has 1 aromatic carbocycles. The van der Waals surface area contributed by atoms with Crippen LogP contribution in [0.15, 0.2) is 30.3 Å². The maximum absolute atomic E-state index is 6.47. The maximum Gasteiger partial charge on any atom is 0.0441 e. The third-order valence-electron chi connectivity index (χ3n) is 3.82. The summed E-state index contributed by atoms with van der Waals surface area (Å²) in [5, 5.41) is 0. The lowest BCUT2D eigenvalue weighted by molar-refractivity contribution is 0.400. The van der Waals surface area contributed by atoms with E-state index in [4.69, 9.17) is 5.73 Å². The maximum atomic E-state index is 6.47. The molecule has 2 aliphatic carbocycles. The second kappa shape index (κ2) is 2.36. The smallest absolute Gasteiger partial charge is 0.0441 e. The van der Waals surface area contributed by atoms with E-state index in [1.807, 2.05) is 0 Å². The van der Waals surface area contributed by atoms with Crippen LogP contribution in [0.3, 0.4) is 0 Å². The SMILES string of the molecule is N[C@@]1(c2ccccc2)CC[C@H]2C[C@H]21. The molecule has 2 aliphatic rings. The topological polar surface area (TPSA) is 26.0 Å². The largest absolute Gasteiger partial charge is 0.321 e. The molecule has 0 unspecified atom stereocenters. The Morgan fingerprint density at radius 2 is 2.00 bits per heavy atom. The average molecular weight is 173 g/mol. The zero-order valence-electron chi connectivity index (χ0n) is 7.74. The Labute approximate surface area is 78.9 Å². The van der Waals surface area contributed by atoms with Gasteiger partial charge in [0.05, 0.1) is 0 Å². The lowest BCUT2D eigenvalue weighted by Crippen LogP contribution is -2.36. The molecular formula is C12H15N. The molecule has 3 rings (SSSR count). The van der Waals surface area contributed by atoms with Crippen molar-refractivity contribution >= 4 is 0 Å². The lowest BCUT2D eigenvalue weighted by Gasteiger charge is -2.26. The molecule has 0 aromatic heterocycles. The van der Waals surface area contributed by atoms with Crippen LogP contribution in [0.4, 0.5) is 0 Å². The van der Waals surface area contributed by atoms with Crippen LogP contribution in [0.25, 0.3) is 0 Å². The Morgan fingerprint density at radius 1 is 1.23 bits per heavy atom. The van der Waals surface area contributed by atoms with Gasteiger partial charge in [-0.15, -0.1) is 0 Å². The van der Waals surface area contributed by atoms with Crippen molar-refractivity contribution in [3.8, 4) is 0 Å². The first-order valence-electron chi connectivity index (χ1n) is 5.15. The Kier molecular flexibility index (Phi) is 1.37. The van der Waals surface area contributed by atoms with Gasteiger partial charge in [0, 0.05) is 5.54 Å². The fourth-order valence-corrected chi connectivity index (χ4v) is 2.91. The van der Waals surface area contributed by atoms with E-state index in [9.17, 15) is 0 Å². The van der Waals surface area contributed by atoms with E-state index in [2.05, 4.69) is 30.3 Å². The summed E-state index contributed by atoms with van der Waals surface area (Å²) < 4.78 is 0. The highest BCUT2D eigenvalue weighted by molar-refractivity contribution is 5.29. The summed E-state index contributed by atoms with van der Waals surface area (Å²) >= 11 is 0. The summed E-state index contributed by atoms with van der Waals surface area (Å²) in [6, 6.07) is 10.6. The Hall–Kier alpha value is -0.820. The molecule has 3 atom stereocenters. The highest BCUT2D eigenvalue weighted by Crippen LogP contribution is 2.60. The van der Waals surface area contributed by atoms with Gasteiger partial charge >= 0.3 is 0 Å². The zero-order valence-corrected chi connectivity index (χ0v) is 7.74. The van der Waals surface area contributed by atoms with Crippen molar-refractivity contribution in [3.63, 3.8) is 0 Å². The van der Waals surface area contributed by atoms with Gasteiger partial charge in [-0.05, 0) is 36.7 Å². The summed E-state index contributed by atoms with van der Waals surface area (Å²) in [4.78, 5) is 0. The standard InChI is InChI=1S/C12H15N/c13-12(7-6-9-8-11(9)12)10-4-2-1-3-5-10/h1-5,9,11H,6-8,13H2/t9-,11+,12+/m0/s1. The van der Waals surface area contributed by atoms with Crippen LogP contribution in [-0.2, 0) is 5.54 Å². The minimum atomic E-state index is 0.0198. The van der Waals surface area contributed by atoms with Gasteiger partial charge in [0.2, 0.25) is 0 Å². The molecule has 0 heterocycles. The van der Waals surface area contributed by atoms with Crippen LogP contribution >= 0.6 is 0 Å². The molecule has 0 amide bonds. The molecule has 1 aromatic rings. The summed E-state index contributed by atoms with van der Waals surface area (Å²) in [5.74, 6) is 1.74. The first-order chi connectivity index (χ1) is 6.31. The van der Waals surface area contributed by atoms with E-state index in [1.54, 1.807) is 0 Å². The van der Waals surface area contributed by atoms with Gasteiger partial charge in [-0.1, -0.05) is 30.3 Å². The van der Waals surface area contributed by atoms with Crippen molar-refractivity contribution < 1.29 is 0 Å². The van der Waals surface area contributed by atoms with E-state index >= 15 is 0 Å². The van der Waals surface area contributed by atoms with E-state index in [0.29, 0.717) is 0 Å². The number of hydrogen-bond acceptors (Lipinski definition) is 1. The summed E-state index contributed by atoms with van der Waals surface area (Å²) in [5.41, 5.74) is 7.83. The second-order valence-electron chi connectivity index (χ2n) is 4.55. The highest BCUT2D eigenvalue weighted by Gasteiger charge is 2.56. The quantitative estimate of drug-likeness (QED) is 0.692. The molecule has 0 radical (unpaired) electrons. The number of nitrogens with two attached hydrogens (primary N) is 1. The number of hydrogen-bond donors (Lipinski definition) is 1. The van der Waals surface area contributed by atoms with Crippen LogP contribution in [0, 0.1) is 11.8 Å². The van der Waals surface area contributed by atoms with Gasteiger partial charge < -0.3 is 5.73 Å². The van der Waals surface area contributed by atoms with Crippen LogP contribution in [-0.4, -0.2) is 0 Å². The first kappa shape index (κ1) is 7.57. The summed E-state index contributed by atoms with van der Waals surface area (Å²) in [7, 11) is 0. The fourth-order valence-electron chi connectivity index (χ4n) is 2.91. The molecule has 2 fully saturated rings. The van der Waals surface area contributed by atoms with Crippen molar-refractivity contribution in [1.29, 1.82) is 0 Å². The normalized spacial score (nSPS) is 41.6. The monoisotopic (exact) mass is 173 g/mol. The van der Waals surface area contributed by atoms with Gasteiger partial charge in [-0.2, -0.15) is 0 Å². The van der Waals surface area contributed by atoms with Gasteiger partial charge in [-0.3, -0.25) is 0 Å². The summed E-state index contributed by atoms with van der Waals surface area (Å²) in [6.45, 7) is 0. The van der Waals surface area contributed by atoms with Gasteiger partial charge in [0.25, 0.3) is 0 Å². The van der Waals surface area contributed by atoms with Crippen molar-refractivity contribution in [2.45, 2.75) is 24.8 Å². The highest BCUT2D eigenvalue weighted by atomic mass is 14.8. The van der Waals surface area contributed by atoms with E-state index in [1.165, 1.54) is 24.8 Å². The Morgan fingerprint density at radius 3 is 2.54 bits per heavy atom. The molecule has 0 bridgehead atoms. The molecule has 2 saturated carbocycles. The molecular weight excluding hydrogens is 158 g/mol. The van der Waals surface area contributed by atoms with Crippen LogP contribution < -0.4 is 5.73 Å². The number of fused-ring (bicyclic) bond motifs is 1. The average Bonchev–Trinajstić information content (AvgIpc) is 2.90. The van der Waals surface area contributed by atoms with Gasteiger partial charge in [0.15, 0.2) is 0 Å². The van der Waals surface area contributed by atoms with E-state index in [0.717, 1.165) is 11.8 Å². The Balaban J connectivity index is 2.00. The molecule has 0 aliphatic heterocycles. The lowest BCUT2D eigenvalue weighted by atomic mass is 9.86. The third kappa shape index (κ3) is 0.969. The van der Waals surface area contributed by atoms with Crippen molar-refractivity contribution in [1.82, 2.24) is 0 Å². The summed E-state index contributed by atoms with van der Waals surface area (Å²) in [6.07, 6.45) is 3.90. The molecule has 0 spiro atoms. The van der Waals surface area contributed by atoms with Gasteiger partial charge in [0.1, 0.15) is 0 Å². The van der Waals surface area contributed by atoms with Gasteiger partial charge in [-0.25, -0.2) is 0 Å². The van der Waals surface area contributed by atoms with Crippen molar-refractivity contribution in [2.75, 3.05) is 0 Å². The number of rotatable bonds is 1. The first-order valence-corrected chi connectivity index (χ1v) is 5.15. The molecule has 1 nitrogen and oxygen atoms in total. The van der Waals surface area contributed by atoms with Crippen molar-refractivity contribution in [2.24, 2.45) is 17.6 Å². The minimum Gasteiger partial charge on any atom is -0.321 e. The van der Waals surface area contributed by atoms with Crippen LogP contribution in [0.2, 0.25) is 0 Å². The molecule has 1 heteroatoms. The fraction of sp³-hybridized carbons (Fsp3) is 0.500. The molecule has 0 saturated heterocycles. The number of benzene rings is 1. The Bertz CT molecular complexity index is 319. The third-order valence-corrected chi connectivity index (χ3v) is 3.82. The second-order valence-corrected chi connectivity index (χ2v) is 4.55. The van der Waals surface area contributed by atoms with Crippen molar-refractivity contribution in [3.05, 3.63) is 35.9 Å². The predicted molar refractivity (Wildman–Crippen MR) is 53.1 cm³/mol. The van der Waals surface area contributed by atoms with Crippen LogP contribution in [0.1, 0.15) is 24.8 Å².